The van der Waals surface area contributed by atoms with Crippen molar-refractivity contribution in [3.8, 4) is 11.5 Å². The van der Waals surface area contributed by atoms with E-state index in [4.69, 9.17) is 30.8 Å². The van der Waals surface area contributed by atoms with Crippen LogP contribution in [0, 0.1) is 0 Å². The second-order valence-corrected chi connectivity index (χ2v) is 9.29. The molecule has 2 aromatic heterocycles. The number of amides is 1. The number of ether oxygens (including phenoxy) is 3. The van der Waals surface area contributed by atoms with Crippen LogP contribution in [0.2, 0.25) is 5.15 Å². The van der Waals surface area contributed by atoms with Crippen LogP contribution in [-0.4, -0.2) is 42.7 Å². The molecule has 4 aromatic rings. The van der Waals surface area contributed by atoms with Gasteiger partial charge < -0.3 is 19.5 Å². The Balaban J connectivity index is 1.48. The van der Waals surface area contributed by atoms with E-state index in [1.165, 1.54) is 6.20 Å². The number of carbonyl (C=O) groups is 2. The third-order valence-electron chi connectivity index (χ3n) is 6.49. The summed E-state index contributed by atoms with van der Waals surface area (Å²) in [5.74, 6) is 0.182. The van der Waals surface area contributed by atoms with Crippen LogP contribution in [0.15, 0.2) is 60.8 Å². The molecule has 0 fully saturated rings. The minimum absolute atomic E-state index is 0.153. The quantitative estimate of drug-likeness (QED) is 0.226. The maximum absolute atomic E-state index is 13.5. The summed E-state index contributed by atoms with van der Waals surface area (Å²) in [7, 11) is 3.20. The number of anilines is 1. The van der Waals surface area contributed by atoms with Crippen molar-refractivity contribution in [2.75, 3.05) is 26.1 Å². The maximum atomic E-state index is 13.5. The molecule has 0 spiro atoms. The fraction of sp³-hybridized carbons (Fsp3) is 0.200. The summed E-state index contributed by atoms with van der Waals surface area (Å²) in [4.78, 5) is 34.8. The number of pyridine rings is 2. The molecule has 198 valence electrons. The van der Waals surface area contributed by atoms with E-state index in [1.807, 2.05) is 42.5 Å². The first-order chi connectivity index (χ1) is 19.0. The molecule has 2 heterocycles. The molecule has 8 nitrogen and oxygen atoms in total. The van der Waals surface area contributed by atoms with Crippen molar-refractivity contribution in [3.63, 3.8) is 0 Å². The SMILES string of the molecule is COc1ccc(/C=C2\CCCc3c2nc2ccccc2c3C(=O)OCC(=O)Nc2cccnc2Cl)cc1OC. The molecule has 0 radical (unpaired) electrons. The molecule has 0 saturated heterocycles. The Hall–Kier alpha value is -4.43. The van der Waals surface area contributed by atoms with Gasteiger partial charge in [0.1, 0.15) is 0 Å². The molecule has 0 saturated carbocycles. The van der Waals surface area contributed by atoms with Crippen molar-refractivity contribution in [3.05, 3.63) is 88.3 Å². The molecule has 5 rings (SSSR count). The largest absolute Gasteiger partial charge is 0.493 e. The number of esters is 1. The Bertz CT molecular complexity index is 1600. The van der Waals surface area contributed by atoms with Gasteiger partial charge in [-0.2, -0.15) is 0 Å². The van der Waals surface area contributed by atoms with Crippen LogP contribution in [0.1, 0.15) is 40.0 Å². The minimum Gasteiger partial charge on any atom is -0.493 e. The van der Waals surface area contributed by atoms with Gasteiger partial charge in [0.25, 0.3) is 5.91 Å². The van der Waals surface area contributed by atoms with Crippen LogP contribution < -0.4 is 14.8 Å². The van der Waals surface area contributed by atoms with E-state index in [1.54, 1.807) is 26.4 Å². The summed E-state index contributed by atoms with van der Waals surface area (Å²) in [6, 6.07) is 16.4. The lowest BCUT2D eigenvalue weighted by Crippen LogP contribution is -2.22. The van der Waals surface area contributed by atoms with Gasteiger partial charge >= 0.3 is 5.97 Å². The van der Waals surface area contributed by atoms with Crippen molar-refractivity contribution in [1.82, 2.24) is 9.97 Å². The summed E-state index contributed by atoms with van der Waals surface area (Å²) < 4.78 is 16.3. The fourth-order valence-corrected chi connectivity index (χ4v) is 4.89. The monoisotopic (exact) mass is 543 g/mol. The first-order valence-corrected chi connectivity index (χ1v) is 12.8. The van der Waals surface area contributed by atoms with Crippen molar-refractivity contribution in [1.29, 1.82) is 0 Å². The molecular weight excluding hydrogens is 518 g/mol. The first-order valence-electron chi connectivity index (χ1n) is 12.4. The van der Waals surface area contributed by atoms with Crippen LogP contribution in [0.5, 0.6) is 11.5 Å². The number of rotatable bonds is 7. The third-order valence-corrected chi connectivity index (χ3v) is 6.79. The van der Waals surface area contributed by atoms with Gasteiger partial charge in [-0.1, -0.05) is 35.9 Å². The zero-order chi connectivity index (χ0) is 27.4. The number of benzene rings is 2. The highest BCUT2D eigenvalue weighted by Gasteiger charge is 2.26. The number of aromatic nitrogens is 2. The highest BCUT2D eigenvalue weighted by atomic mass is 35.5. The number of methoxy groups -OCH3 is 2. The predicted molar refractivity (Wildman–Crippen MR) is 150 cm³/mol. The number of hydrogen-bond donors (Lipinski definition) is 1. The van der Waals surface area contributed by atoms with Gasteiger partial charge in [-0.05, 0) is 72.4 Å². The molecule has 0 atom stereocenters. The van der Waals surface area contributed by atoms with Gasteiger partial charge in [-0.15, -0.1) is 0 Å². The molecule has 1 amide bonds. The van der Waals surface area contributed by atoms with E-state index >= 15 is 0 Å². The zero-order valence-electron chi connectivity index (χ0n) is 21.5. The minimum atomic E-state index is -0.579. The molecule has 9 heteroatoms. The van der Waals surface area contributed by atoms with Gasteiger partial charge in [-0.3, -0.25) is 4.79 Å². The van der Waals surface area contributed by atoms with Crippen LogP contribution in [0.3, 0.4) is 0 Å². The first kappa shape index (κ1) is 26.2. The Morgan fingerprint density at radius 1 is 1.03 bits per heavy atom. The third kappa shape index (κ3) is 5.56. The van der Waals surface area contributed by atoms with E-state index in [9.17, 15) is 9.59 Å². The van der Waals surface area contributed by atoms with Crippen LogP contribution in [0.4, 0.5) is 5.69 Å². The van der Waals surface area contributed by atoms with Crippen LogP contribution in [0.25, 0.3) is 22.6 Å². The summed E-state index contributed by atoms with van der Waals surface area (Å²) in [5, 5.41) is 3.45. The number of nitrogens with zero attached hydrogens (tertiary/aromatic N) is 2. The van der Waals surface area contributed by atoms with E-state index in [-0.39, 0.29) is 5.15 Å². The molecule has 0 unspecified atom stereocenters. The fourth-order valence-electron chi connectivity index (χ4n) is 4.72. The lowest BCUT2D eigenvalue weighted by molar-refractivity contribution is -0.119. The molecule has 2 aromatic carbocycles. The number of carbonyl (C=O) groups excluding carboxylic acids is 2. The van der Waals surface area contributed by atoms with E-state index in [0.717, 1.165) is 35.2 Å². The van der Waals surface area contributed by atoms with E-state index in [0.29, 0.717) is 40.1 Å². The van der Waals surface area contributed by atoms with Crippen LogP contribution >= 0.6 is 11.6 Å². The van der Waals surface area contributed by atoms with Crippen molar-refractivity contribution < 1.29 is 23.8 Å². The lowest BCUT2D eigenvalue weighted by atomic mass is 9.86. The molecule has 1 aliphatic carbocycles. The second kappa shape index (κ2) is 11.5. The number of hydrogen-bond acceptors (Lipinski definition) is 7. The van der Waals surface area contributed by atoms with Gasteiger partial charge in [0, 0.05) is 11.6 Å². The molecule has 39 heavy (non-hydrogen) atoms. The Morgan fingerprint density at radius 2 is 1.85 bits per heavy atom. The number of halogens is 1. The second-order valence-electron chi connectivity index (χ2n) is 8.93. The highest BCUT2D eigenvalue weighted by Crippen LogP contribution is 2.37. The molecular formula is C30H26ClN3O5. The summed E-state index contributed by atoms with van der Waals surface area (Å²) in [5.41, 5.74) is 4.96. The standard InChI is InChI=1S/C30H26ClN3O5/c1-37-24-13-12-18(16-25(24)38-2)15-19-7-5-9-21-27(20-8-3-4-10-22(20)34-28(19)21)30(36)39-17-26(35)33-23-11-6-14-32-29(23)31/h3-4,6,8,10-16H,5,7,9,17H2,1-2H3,(H,33,35)/b19-15+. The van der Waals surface area contributed by atoms with E-state index in [2.05, 4.69) is 16.4 Å². The summed E-state index contributed by atoms with van der Waals surface area (Å²) in [6.45, 7) is -0.468. The number of fused-ring (bicyclic) bond motifs is 2. The average molecular weight is 544 g/mol. The lowest BCUT2D eigenvalue weighted by Gasteiger charge is -2.22. The topological polar surface area (TPSA) is 99.6 Å². The maximum Gasteiger partial charge on any atom is 0.339 e. The number of nitrogens with one attached hydrogen (secondary N) is 1. The summed E-state index contributed by atoms with van der Waals surface area (Å²) >= 11 is 6.02. The van der Waals surface area contributed by atoms with Crippen molar-refractivity contribution >= 4 is 51.7 Å². The van der Waals surface area contributed by atoms with Gasteiger partial charge in [-0.25, -0.2) is 14.8 Å². The van der Waals surface area contributed by atoms with E-state index < -0.39 is 18.5 Å². The molecule has 1 N–H and O–H groups in total. The number of allylic oxidation sites excluding steroid dienone is 1. The number of para-hydroxylation sites is 1. The van der Waals surface area contributed by atoms with Gasteiger partial charge in [0.05, 0.1) is 36.7 Å². The smallest absolute Gasteiger partial charge is 0.339 e. The van der Waals surface area contributed by atoms with Crippen molar-refractivity contribution in [2.45, 2.75) is 19.3 Å². The Labute approximate surface area is 230 Å². The molecule has 1 aliphatic rings. The Kier molecular flexibility index (Phi) is 7.74. The molecule has 0 bridgehead atoms. The molecule has 0 aliphatic heterocycles. The Morgan fingerprint density at radius 3 is 2.64 bits per heavy atom. The summed E-state index contributed by atoms with van der Waals surface area (Å²) in [6.07, 6.45) is 5.88. The zero-order valence-corrected chi connectivity index (χ0v) is 22.2. The normalized spacial score (nSPS) is 13.6. The van der Waals surface area contributed by atoms with Crippen LogP contribution in [-0.2, 0) is 16.0 Å². The highest BCUT2D eigenvalue weighted by molar-refractivity contribution is 6.32. The average Bonchev–Trinajstić information content (AvgIpc) is 2.96. The van der Waals surface area contributed by atoms with Crippen molar-refractivity contribution in [2.24, 2.45) is 0 Å². The predicted octanol–water partition coefficient (Wildman–Crippen LogP) is 5.97. The van der Waals surface area contributed by atoms with Gasteiger partial charge in [0.2, 0.25) is 0 Å². The van der Waals surface area contributed by atoms with Gasteiger partial charge in [0.15, 0.2) is 23.3 Å².